The molecule has 1 aliphatic rings. The first kappa shape index (κ1) is 39.9. The zero-order valence-electron chi connectivity index (χ0n) is 28.7. The lowest BCUT2D eigenvalue weighted by Crippen LogP contribution is -2.91. The number of carbonyl (C=O) groups is 2. The van der Waals surface area contributed by atoms with Gasteiger partial charge < -0.3 is 54.0 Å². The van der Waals surface area contributed by atoms with Crippen molar-refractivity contribution in [2.45, 2.75) is 72.0 Å². The Bertz CT molecular complexity index is 887. The Morgan fingerprint density at radius 2 is 0.841 bits per heavy atom. The maximum absolute atomic E-state index is 12.5. The van der Waals surface area contributed by atoms with Crippen molar-refractivity contribution in [3.05, 3.63) is 0 Å². The lowest BCUT2D eigenvalue weighted by Gasteiger charge is -2.74. The second-order valence-corrected chi connectivity index (χ2v) is 14.0. The Hall–Kier alpha value is -2.16. The van der Waals surface area contributed by atoms with Crippen molar-refractivity contribution in [3.63, 3.8) is 0 Å². The monoisotopic (exact) mass is 609 g/mol. The van der Waals surface area contributed by atoms with Crippen LogP contribution >= 0.6 is 0 Å². The number of piperazine rings is 1. The molecule has 14 nitrogen and oxygen atoms in total. The normalized spacial score (nSPS) is 20.0. The number of hydrogen-bond acceptors (Lipinski definition) is 8. The quantitative estimate of drug-likeness (QED) is 0.0306. The van der Waals surface area contributed by atoms with E-state index in [0.29, 0.717) is 51.9 Å². The molecule has 1 aliphatic heterocycles. The van der Waals surface area contributed by atoms with Crippen molar-refractivity contribution < 1.29 is 9.59 Å². The number of amides is 2. The van der Waals surface area contributed by atoms with E-state index in [-0.39, 0.29) is 45.1 Å². The van der Waals surface area contributed by atoms with Gasteiger partial charge in [0.15, 0.2) is 11.9 Å². The maximum atomic E-state index is 12.5. The molecule has 1 rings (SSSR count). The van der Waals surface area contributed by atoms with Gasteiger partial charge in [-0.05, 0) is 73.0 Å². The molecule has 0 aliphatic carbocycles. The molecular formula is C22H56B8N12O2. The van der Waals surface area contributed by atoms with Crippen LogP contribution in [0.15, 0.2) is 0 Å². The van der Waals surface area contributed by atoms with Crippen LogP contribution in [0.1, 0.15) is 38.5 Å². The number of guanidine groups is 2. The highest BCUT2D eigenvalue weighted by atomic mass is 16.2. The Labute approximate surface area is 271 Å². The SMILES string of the molecule is BC1(B)N(CCCNC(=O)[C@@H](N)CCCNC(=N)N)C(B)(B)C(B)(B)N(CCCNC(=O)[C@@H](N)CCCNC(=N)N)C1(B)B. The van der Waals surface area contributed by atoms with Gasteiger partial charge in [-0.1, -0.05) is 0 Å². The van der Waals surface area contributed by atoms with Crippen molar-refractivity contribution in [1.82, 2.24) is 31.1 Å². The fourth-order valence-corrected chi connectivity index (χ4v) is 6.35. The van der Waals surface area contributed by atoms with E-state index in [9.17, 15) is 9.59 Å². The third-order valence-corrected chi connectivity index (χ3v) is 10.1. The van der Waals surface area contributed by atoms with Gasteiger partial charge in [-0.2, -0.15) is 0 Å². The minimum absolute atomic E-state index is 0.0846. The molecule has 0 radical (unpaired) electrons. The molecule has 1 saturated heterocycles. The molecule has 0 aromatic rings. The molecule has 1 fully saturated rings. The average molecular weight is 607 g/mol. The molecule has 1 heterocycles. The van der Waals surface area contributed by atoms with Crippen LogP contribution in [0.2, 0.25) is 0 Å². The highest BCUT2D eigenvalue weighted by Crippen LogP contribution is 2.42. The van der Waals surface area contributed by atoms with Gasteiger partial charge >= 0.3 is 0 Å². The van der Waals surface area contributed by atoms with Gasteiger partial charge in [0.05, 0.1) is 12.1 Å². The van der Waals surface area contributed by atoms with Crippen LogP contribution < -0.4 is 44.2 Å². The standard InChI is InChI=1S/C22H56B8N12O2/c23-19(24)21(27,28)42(12-4-10-38-16(44)14(32)6-2-8-40-18(35)36)22(29,30)20(25,26)41(19)11-3-9-37-15(43)13(31)5-1-7-39-17(33)34/h13-14H,1-12,23-32H2,(H,37,43)(H,38,44)(H4,33,34,39)(H4,35,36,40)/t13-,14-/m0/s1. The number of nitrogens with two attached hydrogens (primary N) is 4. The largest absolute Gasteiger partial charge is 0.370 e. The Morgan fingerprint density at radius 1 is 0.568 bits per heavy atom. The minimum Gasteiger partial charge on any atom is -0.370 e. The molecule has 2 atom stereocenters. The van der Waals surface area contributed by atoms with Crippen molar-refractivity contribution in [1.29, 1.82) is 10.8 Å². The maximum Gasteiger partial charge on any atom is 0.236 e. The van der Waals surface area contributed by atoms with Gasteiger partial charge in [0, 0.05) is 26.2 Å². The van der Waals surface area contributed by atoms with E-state index in [1.165, 1.54) is 0 Å². The van der Waals surface area contributed by atoms with Gasteiger partial charge in [0.1, 0.15) is 62.8 Å². The van der Waals surface area contributed by atoms with Crippen LogP contribution in [0.3, 0.4) is 0 Å². The molecule has 0 aromatic heterocycles. The summed E-state index contributed by atoms with van der Waals surface area (Å²) < 4.78 is 0. The second-order valence-electron chi connectivity index (χ2n) is 14.0. The van der Waals surface area contributed by atoms with E-state index in [1.807, 2.05) is 0 Å². The molecule has 0 spiro atoms. The molecule has 22 heteroatoms. The average Bonchev–Trinajstić information content (AvgIpc) is 2.90. The second kappa shape index (κ2) is 17.0. The molecule has 2 amide bonds. The van der Waals surface area contributed by atoms with Crippen molar-refractivity contribution >= 4 is 86.5 Å². The lowest BCUT2D eigenvalue weighted by atomic mass is 9.26. The highest BCUT2D eigenvalue weighted by molar-refractivity contribution is 6.60. The van der Waals surface area contributed by atoms with E-state index in [1.54, 1.807) is 0 Å². The van der Waals surface area contributed by atoms with Crippen LogP contribution in [-0.2, 0) is 9.59 Å². The first-order valence-corrected chi connectivity index (χ1v) is 16.0. The number of nitrogens with zero attached hydrogens (tertiary/aromatic N) is 2. The third-order valence-electron chi connectivity index (χ3n) is 10.1. The van der Waals surface area contributed by atoms with Gasteiger partial charge in [0.25, 0.3) is 0 Å². The number of nitrogens with one attached hydrogen (secondary N) is 6. The predicted octanol–water partition coefficient (Wildman–Crippen LogP) is -11.5. The summed E-state index contributed by atoms with van der Waals surface area (Å²) in [7, 11) is 18.4. The van der Waals surface area contributed by atoms with Gasteiger partial charge in [0.2, 0.25) is 11.8 Å². The van der Waals surface area contributed by atoms with E-state index in [0.717, 1.165) is 25.9 Å². The molecular weight excluding hydrogens is 551 g/mol. The fourth-order valence-electron chi connectivity index (χ4n) is 6.35. The van der Waals surface area contributed by atoms with E-state index in [4.69, 9.17) is 33.8 Å². The minimum atomic E-state index is -0.589. The number of carbonyl (C=O) groups excluding carboxylic acids is 2. The molecule has 0 unspecified atom stereocenters. The molecule has 44 heavy (non-hydrogen) atoms. The molecule has 0 saturated carbocycles. The smallest absolute Gasteiger partial charge is 0.236 e. The summed E-state index contributed by atoms with van der Waals surface area (Å²) in [6.07, 6.45) is 3.94. The summed E-state index contributed by atoms with van der Waals surface area (Å²) in [6.45, 7) is 3.75. The lowest BCUT2D eigenvalue weighted by molar-refractivity contribution is -0.123. The van der Waals surface area contributed by atoms with Crippen molar-refractivity contribution in [3.8, 4) is 0 Å². The molecule has 0 bridgehead atoms. The number of hydrogen-bond donors (Lipinski definition) is 10. The third kappa shape index (κ3) is 10.4. The first-order valence-electron chi connectivity index (χ1n) is 16.0. The van der Waals surface area contributed by atoms with Gasteiger partial charge in [-0.3, -0.25) is 20.4 Å². The predicted molar refractivity (Wildman–Crippen MR) is 202 cm³/mol. The Morgan fingerprint density at radius 3 is 1.11 bits per heavy atom. The summed E-state index contributed by atoms with van der Waals surface area (Å²) in [6, 6.07) is -1.18. The van der Waals surface area contributed by atoms with E-state index < -0.39 is 12.1 Å². The van der Waals surface area contributed by atoms with Crippen molar-refractivity contribution in [2.24, 2.45) is 22.9 Å². The van der Waals surface area contributed by atoms with Crippen LogP contribution in [0.25, 0.3) is 0 Å². The summed E-state index contributed by atoms with van der Waals surface area (Å²) in [5, 5.41) is 25.0. The number of rotatable bonds is 18. The summed E-state index contributed by atoms with van der Waals surface area (Å²) in [5.41, 5.74) is 22.7. The summed E-state index contributed by atoms with van der Waals surface area (Å²) in [5.74, 6) is -0.484. The van der Waals surface area contributed by atoms with Crippen molar-refractivity contribution in [2.75, 3.05) is 39.3 Å². The fraction of sp³-hybridized carbons (Fsp3) is 0.818. The van der Waals surface area contributed by atoms with Crippen LogP contribution in [0.4, 0.5) is 0 Å². The molecule has 0 aromatic carbocycles. The summed E-state index contributed by atoms with van der Waals surface area (Å²) >= 11 is 0. The molecule has 240 valence electrons. The summed E-state index contributed by atoms with van der Waals surface area (Å²) in [4.78, 5) is 30.2. The van der Waals surface area contributed by atoms with E-state index >= 15 is 0 Å². The topological polar surface area (TPSA) is 241 Å². The van der Waals surface area contributed by atoms with Gasteiger partial charge in [-0.25, -0.2) is 0 Å². The highest BCUT2D eigenvalue weighted by Gasteiger charge is 2.60. The zero-order chi connectivity index (χ0) is 33.9. The van der Waals surface area contributed by atoms with Crippen LogP contribution in [-0.4, -0.2) is 169 Å². The zero-order valence-corrected chi connectivity index (χ0v) is 28.7. The van der Waals surface area contributed by atoms with E-state index in [2.05, 4.69) is 93.8 Å². The molecule has 14 N–H and O–H groups in total. The Balaban J connectivity index is 2.72. The van der Waals surface area contributed by atoms with Crippen LogP contribution in [0, 0.1) is 10.8 Å². The van der Waals surface area contributed by atoms with Gasteiger partial charge in [-0.15, -0.1) is 0 Å². The van der Waals surface area contributed by atoms with Crippen LogP contribution in [0.5, 0.6) is 0 Å². The Kier molecular flexibility index (Phi) is 15.4. The first-order chi connectivity index (χ1) is 20.2.